The van der Waals surface area contributed by atoms with Crippen LogP contribution in [0.3, 0.4) is 0 Å². The van der Waals surface area contributed by atoms with Gasteiger partial charge in [0.25, 0.3) is 5.91 Å². The molecule has 1 amide bonds. The van der Waals surface area contributed by atoms with Crippen molar-refractivity contribution in [1.82, 2.24) is 20.2 Å². The van der Waals surface area contributed by atoms with E-state index in [0.717, 1.165) is 13.0 Å². The second kappa shape index (κ2) is 6.47. The molecule has 0 aromatic carbocycles. The zero-order valence-corrected chi connectivity index (χ0v) is 11.5. The monoisotopic (exact) mass is 263 g/mol. The Kier molecular flexibility index (Phi) is 4.68. The average Bonchev–Trinajstić information content (AvgIpc) is 2.46. The zero-order valence-electron chi connectivity index (χ0n) is 11.5. The SMILES string of the molecule is CNc1cnc(C(=O)NCC2CCCCN2C)cn1. The minimum absolute atomic E-state index is 0.158. The van der Waals surface area contributed by atoms with Crippen molar-refractivity contribution in [3.05, 3.63) is 18.1 Å². The highest BCUT2D eigenvalue weighted by atomic mass is 16.1. The number of piperidine rings is 1. The fourth-order valence-corrected chi connectivity index (χ4v) is 2.28. The molecule has 6 heteroatoms. The van der Waals surface area contributed by atoms with Gasteiger partial charge in [-0.25, -0.2) is 9.97 Å². The van der Waals surface area contributed by atoms with E-state index >= 15 is 0 Å². The highest BCUT2D eigenvalue weighted by Crippen LogP contribution is 2.14. The first kappa shape index (κ1) is 13.7. The third-order valence-electron chi connectivity index (χ3n) is 3.56. The van der Waals surface area contributed by atoms with E-state index < -0.39 is 0 Å². The molecule has 0 bridgehead atoms. The molecule has 1 aromatic rings. The van der Waals surface area contributed by atoms with Crippen molar-refractivity contribution in [2.75, 3.05) is 32.5 Å². The topological polar surface area (TPSA) is 70.2 Å². The lowest BCUT2D eigenvalue weighted by molar-refractivity contribution is 0.0923. The number of carbonyl (C=O) groups excluding carboxylic acids is 1. The maximum Gasteiger partial charge on any atom is 0.271 e. The quantitative estimate of drug-likeness (QED) is 0.838. The molecule has 0 spiro atoms. The largest absolute Gasteiger partial charge is 0.372 e. The molecule has 1 aliphatic heterocycles. The number of amides is 1. The van der Waals surface area contributed by atoms with Crippen molar-refractivity contribution < 1.29 is 4.79 Å². The molecule has 104 valence electrons. The normalized spacial score (nSPS) is 20.0. The number of nitrogens with zero attached hydrogens (tertiary/aromatic N) is 3. The Bertz CT molecular complexity index is 420. The third-order valence-corrected chi connectivity index (χ3v) is 3.56. The second-order valence-corrected chi connectivity index (χ2v) is 4.88. The fourth-order valence-electron chi connectivity index (χ4n) is 2.28. The van der Waals surface area contributed by atoms with Crippen molar-refractivity contribution in [2.24, 2.45) is 0 Å². The average molecular weight is 263 g/mol. The van der Waals surface area contributed by atoms with Crippen molar-refractivity contribution >= 4 is 11.7 Å². The maximum absolute atomic E-state index is 11.9. The number of anilines is 1. The molecule has 1 unspecified atom stereocenters. The van der Waals surface area contributed by atoms with Crippen LogP contribution < -0.4 is 10.6 Å². The molecule has 19 heavy (non-hydrogen) atoms. The van der Waals surface area contributed by atoms with E-state index in [0.29, 0.717) is 24.1 Å². The summed E-state index contributed by atoms with van der Waals surface area (Å²) in [5.74, 6) is 0.498. The smallest absolute Gasteiger partial charge is 0.271 e. The summed E-state index contributed by atoms with van der Waals surface area (Å²) in [7, 11) is 3.88. The number of likely N-dealkylation sites (N-methyl/N-ethyl adjacent to an activating group) is 1. The standard InChI is InChI=1S/C13H21N5O/c1-14-12-9-15-11(8-16-12)13(19)17-7-10-5-3-4-6-18(10)2/h8-10H,3-7H2,1-2H3,(H,14,16)(H,17,19). The first-order valence-corrected chi connectivity index (χ1v) is 6.69. The zero-order chi connectivity index (χ0) is 13.7. The molecule has 1 fully saturated rings. The van der Waals surface area contributed by atoms with Crippen LogP contribution in [0.4, 0.5) is 5.82 Å². The first-order valence-electron chi connectivity index (χ1n) is 6.69. The van der Waals surface area contributed by atoms with E-state index in [4.69, 9.17) is 0 Å². The Morgan fingerprint density at radius 1 is 1.42 bits per heavy atom. The predicted octanol–water partition coefficient (Wildman–Crippen LogP) is 0.732. The molecule has 1 aliphatic rings. The molecule has 6 nitrogen and oxygen atoms in total. The van der Waals surface area contributed by atoms with Crippen LogP contribution in [-0.2, 0) is 0 Å². The van der Waals surface area contributed by atoms with Gasteiger partial charge in [-0.1, -0.05) is 6.42 Å². The molecule has 2 N–H and O–H groups in total. The maximum atomic E-state index is 11.9. The van der Waals surface area contributed by atoms with Gasteiger partial charge in [0, 0.05) is 19.6 Å². The van der Waals surface area contributed by atoms with Gasteiger partial charge < -0.3 is 15.5 Å². The van der Waals surface area contributed by atoms with E-state index in [1.54, 1.807) is 13.2 Å². The summed E-state index contributed by atoms with van der Waals surface area (Å²) in [6, 6.07) is 0.433. The number of carbonyl (C=O) groups is 1. The summed E-state index contributed by atoms with van der Waals surface area (Å²) in [5, 5.41) is 5.80. The summed E-state index contributed by atoms with van der Waals surface area (Å²) in [6.45, 7) is 1.78. The lowest BCUT2D eigenvalue weighted by Crippen LogP contribution is -2.44. The van der Waals surface area contributed by atoms with Gasteiger partial charge in [0.15, 0.2) is 0 Å². The van der Waals surface area contributed by atoms with E-state index in [2.05, 4.69) is 32.5 Å². The van der Waals surface area contributed by atoms with Crippen LogP contribution in [-0.4, -0.2) is 54.0 Å². The van der Waals surface area contributed by atoms with Crippen LogP contribution in [0.1, 0.15) is 29.8 Å². The first-order chi connectivity index (χ1) is 9.20. The molecule has 0 aliphatic carbocycles. The Morgan fingerprint density at radius 3 is 2.89 bits per heavy atom. The molecule has 0 saturated carbocycles. The number of aromatic nitrogens is 2. The van der Waals surface area contributed by atoms with Crippen LogP contribution in [0.15, 0.2) is 12.4 Å². The Hall–Kier alpha value is -1.69. The van der Waals surface area contributed by atoms with Crippen molar-refractivity contribution in [3.63, 3.8) is 0 Å². The minimum Gasteiger partial charge on any atom is -0.372 e. The highest BCUT2D eigenvalue weighted by Gasteiger charge is 2.19. The lowest BCUT2D eigenvalue weighted by Gasteiger charge is -2.32. The van der Waals surface area contributed by atoms with Gasteiger partial charge >= 0.3 is 0 Å². The summed E-state index contributed by atoms with van der Waals surface area (Å²) in [5.41, 5.74) is 0.359. The van der Waals surface area contributed by atoms with E-state index in [1.807, 2.05) is 0 Å². The molecule has 1 atom stereocenters. The molecule has 1 saturated heterocycles. The Balaban J connectivity index is 1.86. The van der Waals surface area contributed by atoms with E-state index in [-0.39, 0.29) is 5.91 Å². The van der Waals surface area contributed by atoms with Gasteiger partial charge in [0.2, 0.25) is 0 Å². The van der Waals surface area contributed by atoms with Gasteiger partial charge in [-0.05, 0) is 26.4 Å². The Morgan fingerprint density at radius 2 is 2.26 bits per heavy atom. The van der Waals surface area contributed by atoms with E-state index in [9.17, 15) is 4.79 Å². The van der Waals surface area contributed by atoms with Gasteiger partial charge in [-0.2, -0.15) is 0 Å². The number of hydrogen-bond acceptors (Lipinski definition) is 5. The highest BCUT2D eigenvalue weighted by molar-refractivity contribution is 5.92. The summed E-state index contributed by atoms with van der Waals surface area (Å²) < 4.78 is 0. The predicted molar refractivity (Wildman–Crippen MR) is 74.2 cm³/mol. The third kappa shape index (κ3) is 3.64. The molecule has 0 radical (unpaired) electrons. The van der Waals surface area contributed by atoms with Crippen LogP contribution in [0.25, 0.3) is 0 Å². The molecule has 2 rings (SSSR count). The van der Waals surface area contributed by atoms with Crippen molar-refractivity contribution in [3.8, 4) is 0 Å². The van der Waals surface area contributed by atoms with Crippen LogP contribution in [0.2, 0.25) is 0 Å². The van der Waals surface area contributed by atoms with Crippen LogP contribution in [0.5, 0.6) is 0 Å². The van der Waals surface area contributed by atoms with Crippen LogP contribution in [0, 0.1) is 0 Å². The van der Waals surface area contributed by atoms with Crippen LogP contribution >= 0.6 is 0 Å². The van der Waals surface area contributed by atoms with Gasteiger partial charge in [-0.15, -0.1) is 0 Å². The molecular weight excluding hydrogens is 242 g/mol. The summed E-state index contributed by atoms with van der Waals surface area (Å²) >= 11 is 0. The number of hydrogen-bond donors (Lipinski definition) is 2. The molecular formula is C13H21N5O. The molecule has 1 aromatic heterocycles. The van der Waals surface area contributed by atoms with Gasteiger partial charge in [-0.3, -0.25) is 4.79 Å². The van der Waals surface area contributed by atoms with Crippen molar-refractivity contribution in [2.45, 2.75) is 25.3 Å². The number of nitrogens with one attached hydrogen (secondary N) is 2. The number of rotatable bonds is 4. The number of likely N-dealkylation sites (tertiary alicyclic amines) is 1. The summed E-state index contributed by atoms with van der Waals surface area (Å²) in [4.78, 5) is 22.4. The second-order valence-electron chi connectivity index (χ2n) is 4.88. The fraction of sp³-hybridized carbons (Fsp3) is 0.615. The molecule has 2 heterocycles. The lowest BCUT2D eigenvalue weighted by atomic mass is 10.0. The minimum atomic E-state index is -0.158. The van der Waals surface area contributed by atoms with Gasteiger partial charge in [0.1, 0.15) is 11.5 Å². The Labute approximate surface area is 113 Å². The van der Waals surface area contributed by atoms with Crippen molar-refractivity contribution in [1.29, 1.82) is 0 Å². The summed E-state index contributed by atoms with van der Waals surface area (Å²) in [6.07, 6.45) is 6.67. The van der Waals surface area contributed by atoms with Gasteiger partial charge in [0.05, 0.1) is 12.4 Å². The van der Waals surface area contributed by atoms with E-state index in [1.165, 1.54) is 19.0 Å².